The van der Waals surface area contributed by atoms with Crippen LogP contribution in [0, 0.1) is 0 Å². The number of thiazole rings is 1. The summed E-state index contributed by atoms with van der Waals surface area (Å²) in [5.41, 5.74) is 3.73. The molecule has 0 spiro atoms. The minimum atomic E-state index is -0.0436. The topological polar surface area (TPSA) is 42.4 Å². The van der Waals surface area contributed by atoms with Gasteiger partial charge in [0.05, 0.1) is 16.8 Å². The molecule has 0 atom stereocenters. The maximum absolute atomic E-state index is 13.5. The van der Waals surface area contributed by atoms with Crippen molar-refractivity contribution >= 4 is 32.6 Å². The highest BCUT2D eigenvalue weighted by atomic mass is 32.1. The Labute approximate surface area is 174 Å². The van der Waals surface area contributed by atoms with Gasteiger partial charge in [-0.1, -0.05) is 65.9 Å². The van der Waals surface area contributed by atoms with Crippen molar-refractivity contribution in [2.24, 2.45) is 0 Å². The normalized spacial score (nSPS) is 10.9. The van der Waals surface area contributed by atoms with Gasteiger partial charge in [-0.3, -0.25) is 9.69 Å². The van der Waals surface area contributed by atoms with Gasteiger partial charge in [-0.2, -0.15) is 0 Å². The van der Waals surface area contributed by atoms with E-state index in [4.69, 9.17) is 9.72 Å². The van der Waals surface area contributed by atoms with Crippen molar-refractivity contribution in [2.75, 3.05) is 18.6 Å². The van der Waals surface area contributed by atoms with Crippen LogP contribution in [0.2, 0.25) is 0 Å². The van der Waals surface area contributed by atoms with E-state index in [9.17, 15) is 4.79 Å². The average molecular weight is 403 g/mol. The molecule has 5 heteroatoms. The minimum Gasteiger partial charge on any atom is -0.380 e. The number of fused-ring (bicyclic) bond motifs is 1. The molecule has 0 radical (unpaired) electrons. The molecule has 0 fully saturated rings. The monoisotopic (exact) mass is 402 g/mol. The van der Waals surface area contributed by atoms with Crippen molar-refractivity contribution in [1.82, 2.24) is 4.98 Å². The molecule has 0 saturated carbocycles. The Morgan fingerprint density at radius 3 is 2.52 bits per heavy atom. The van der Waals surface area contributed by atoms with Gasteiger partial charge >= 0.3 is 0 Å². The molecule has 4 nitrogen and oxygen atoms in total. The number of para-hydroxylation sites is 1. The van der Waals surface area contributed by atoms with Crippen LogP contribution in [-0.4, -0.2) is 24.5 Å². The number of anilines is 1. The van der Waals surface area contributed by atoms with Crippen LogP contribution in [0.1, 0.15) is 21.5 Å². The Hall–Kier alpha value is -3.02. The lowest BCUT2D eigenvalue weighted by molar-refractivity contribution is 0.0987. The molecule has 1 amide bonds. The van der Waals surface area contributed by atoms with E-state index in [1.165, 1.54) is 5.56 Å². The van der Waals surface area contributed by atoms with Crippen molar-refractivity contribution in [3.05, 3.63) is 95.6 Å². The maximum atomic E-state index is 13.5. The van der Waals surface area contributed by atoms with E-state index in [2.05, 4.69) is 12.1 Å². The predicted molar refractivity (Wildman–Crippen MR) is 119 cm³/mol. The van der Waals surface area contributed by atoms with Gasteiger partial charge in [0.2, 0.25) is 0 Å². The van der Waals surface area contributed by atoms with E-state index < -0.39 is 0 Å². The van der Waals surface area contributed by atoms with Gasteiger partial charge in [0.1, 0.15) is 0 Å². The first kappa shape index (κ1) is 19.3. The number of aromatic nitrogens is 1. The molecule has 1 heterocycles. The highest BCUT2D eigenvalue weighted by molar-refractivity contribution is 7.22. The van der Waals surface area contributed by atoms with Crippen molar-refractivity contribution < 1.29 is 9.53 Å². The van der Waals surface area contributed by atoms with Gasteiger partial charge in [0.25, 0.3) is 5.91 Å². The molecule has 0 aliphatic carbocycles. The van der Waals surface area contributed by atoms with Crippen LogP contribution < -0.4 is 4.90 Å². The largest absolute Gasteiger partial charge is 0.380 e. The number of nitrogens with zero attached hydrogens (tertiary/aromatic N) is 2. The Balaban J connectivity index is 1.66. The predicted octanol–water partition coefficient (Wildman–Crippen LogP) is 5.33. The smallest absolute Gasteiger partial charge is 0.260 e. The standard InChI is InChI=1S/C24H22N2O2S/c1-28-17-19-10-7-11-20(16-19)23(27)26(15-14-18-8-3-2-4-9-18)24-25-21-12-5-6-13-22(21)29-24/h2-13,16H,14-15,17H2,1H3. The SMILES string of the molecule is COCc1cccc(C(=O)N(CCc2ccccc2)c2nc3ccccc3s2)c1. The van der Waals surface area contributed by atoms with Gasteiger partial charge in [-0.15, -0.1) is 0 Å². The number of hydrogen-bond acceptors (Lipinski definition) is 4. The fourth-order valence-corrected chi connectivity index (χ4v) is 4.25. The van der Waals surface area contributed by atoms with Gasteiger partial charge in [0.15, 0.2) is 5.13 Å². The van der Waals surface area contributed by atoms with Crippen LogP contribution in [0.5, 0.6) is 0 Å². The summed E-state index contributed by atoms with van der Waals surface area (Å²) in [7, 11) is 1.65. The second kappa shape index (κ2) is 8.99. The highest BCUT2D eigenvalue weighted by Crippen LogP contribution is 2.30. The Bertz CT molecular complexity index is 1080. The number of amides is 1. The number of carbonyl (C=O) groups excluding carboxylic acids is 1. The molecule has 0 aliphatic rings. The molecule has 3 aromatic carbocycles. The van der Waals surface area contributed by atoms with Crippen LogP contribution in [0.4, 0.5) is 5.13 Å². The molecule has 146 valence electrons. The third kappa shape index (κ3) is 4.53. The van der Waals surface area contributed by atoms with Gasteiger partial charge in [-0.05, 0) is 41.8 Å². The number of methoxy groups -OCH3 is 1. The van der Waals surface area contributed by atoms with Crippen LogP contribution in [0.15, 0.2) is 78.9 Å². The molecule has 0 unspecified atom stereocenters. The lowest BCUT2D eigenvalue weighted by Crippen LogP contribution is -2.33. The summed E-state index contributed by atoms with van der Waals surface area (Å²) in [4.78, 5) is 20.0. The van der Waals surface area contributed by atoms with E-state index in [1.807, 2.05) is 66.7 Å². The fourth-order valence-electron chi connectivity index (χ4n) is 3.26. The third-order valence-corrected chi connectivity index (χ3v) is 5.77. The average Bonchev–Trinajstić information content (AvgIpc) is 3.19. The molecule has 1 aromatic heterocycles. The molecule has 0 N–H and O–H groups in total. The van der Waals surface area contributed by atoms with Crippen molar-refractivity contribution in [3.63, 3.8) is 0 Å². The number of ether oxygens (including phenoxy) is 1. The summed E-state index contributed by atoms with van der Waals surface area (Å²) in [5, 5.41) is 0.726. The minimum absolute atomic E-state index is 0.0436. The summed E-state index contributed by atoms with van der Waals surface area (Å²) >= 11 is 1.55. The third-order valence-electron chi connectivity index (χ3n) is 4.71. The zero-order chi connectivity index (χ0) is 20.1. The molecule has 0 aliphatic heterocycles. The van der Waals surface area contributed by atoms with E-state index in [-0.39, 0.29) is 5.91 Å². The fraction of sp³-hybridized carbons (Fsp3) is 0.167. The number of hydrogen-bond donors (Lipinski definition) is 0. The second-order valence-corrected chi connectivity index (χ2v) is 7.80. The lowest BCUT2D eigenvalue weighted by Gasteiger charge is -2.20. The maximum Gasteiger partial charge on any atom is 0.260 e. The van der Waals surface area contributed by atoms with E-state index in [1.54, 1.807) is 23.3 Å². The van der Waals surface area contributed by atoms with E-state index in [0.717, 1.165) is 27.3 Å². The van der Waals surface area contributed by atoms with Crippen LogP contribution in [0.3, 0.4) is 0 Å². The summed E-state index contributed by atoms with van der Waals surface area (Å²) < 4.78 is 6.29. The highest BCUT2D eigenvalue weighted by Gasteiger charge is 2.21. The summed E-state index contributed by atoms with van der Waals surface area (Å²) in [6, 6.07) is 25.8. The Morgan fingerprint density at radius 2 is 1.72 bits per heavy atom. The summed E-state index contributed by atoms with van der Waals surface area (Å²) in [6.07, 6.45) is 0.764. The van der Waals surface area contributed by atoms with Gasteiger partial charge in [0, 0.05) is 19.2 Å². The molecule has 4 rings (SSSR count). The molecule has 0 saturated heterocycles. The van der Waals surface area contributed by atoms with Crippen molar-refractivity contribution in [3.8, 4) is 0 Å². The summed E-state index contributed by atoms with van der Waals surface area (Å²) in [6.45, 7) is 1.05. The first-order chi connectivity index (χ1) is 14.2. The zero-order valence-corrected chi connectivity index (χ0v) is 17.1. The number of benzene rings is 3. The van der Waals surface area contributed by atoms with Gasteiger partial charge < -0.3 is 4.74 Å². The van der Waals surface area contributed by atoms with E-state index in [0.29, 0.717) is 18.7 Å². The van der Waals surface area contributed by atoms with Gasteiger partial charge in [-0.25, -0.2) is 4.98 Å². The van der Waals surface area contributed by atoms with Crippen molar-refractivity contribution in [1.29, 1.82) is 0 Å². The van der Waals surface area contributed by atoms with E-state index >= 15 is 0 Å². The van der Waals surface area contributed by atoms with Crippen LogP contribution >= 0.6 is 11.3 Å². The molecular weight excluding hydrogens is 380 g/mol. The lowest BCUT2D eigenvalue weighted by atomic mass is 10.1. The molecule has 29 heavy (non-hydrogen) atoms. The zero-order valence-electron chi connectivity index (χ0n) is 16.2. The Kier molecular flexibility index (Phi) is 5.98. The first-order valence-corrected chi connectivity index (χ1v) is 10.4. The Morgan fingerprint density at radius 1 is 0.966 bits per heavy atom. The van der Waals surface area contributed by atoms with Crippen LogP contribution in [-0.2, 0) is 17.8 Å². The van der Waals surface area contributed by atoms with Crippen LogP contribution in [0.25, 0.3) is 10.2 Å². The quantitative estimate of drug-likeness (QED) is 0.419. The molecule has 0 bridgehead atoms. The first-order valence-electron chi connectivity index (χ1n) is 9.54. The molecule has 4 aromatic rings. The number of rotatable bonds is 7. The number of carbonyl (C=O) groups is 1. The molecular formula is C24H22N2O2S. The van der Waals surface area contributed by atoms with Crippen molar-refractivity contribution in [2.45, 2.75) is 13.0 Å². The second-order valence-electron chi connectivity index (χ2n) is 6.79. The summed E-state index contributed by atoms with van der Waals surface area (Å²) in [5.74, 6) is -0.0436.